The Kier molecular flexibility index (Phi) is 6.60. The van der Waals surface area contributed by atoms with Gasteiger partial charge in [-0.3, -0.25) is 9.59 Å². The van der Waals surface area contributed by atoms with E-state index >= 15 is 0 Å². The van der Waals surface area contributed by atoms with Gasteiger partial charge in [0.15, 0.2) is 0 Å². The van der Waals surface area contributed by atoms with E-state index in [-0.39, 0.29) is 5.91 Å². The fourth-order valence-corrected chi connectivity index (χ4v) is 3.95. The molecule has 7 heteroatoms. The van der Waals surface area contributed by atoms with Crippen LogP contribution in [0.2, 0.25) is 0 Å². The number of primary amides is 1. The molecule has 3 N–H and O–H groups in total. The van der Waals surface area contributed by atoms with Crippen LogP contribution in [0.25, 0.3) is 0 Å². The molecule has 0 aliphatic rings. The molecule has 0 aliphatic carbocycles. The van der Waals surface area contributed by atoms with E-state index in [9.17, 15) is 9.59 Å². The second-order valence-electron chi connectivity index (χ2n) is 4.92. The van der Waals surface area contributed by atoms with Crippen molar-refractivity contribution in [3.8, 4) is 0 Å². The Labute approximate surface area is 164 Å². The number of carbonyl (C=O) groups is 2. The predicted molar refractivity (Wildman–Crippen MR) is 105 cm³/mol. The zero-order valence-corrected chi connectivity index (χ0v) is 17.2. The molecule has 0 bridgehead atoms. The monoisotopic (exact) mass is 550 g/mol. The lowest BCUT2D eigenvalue weighted by Crippen LogP contribution is -2.45. The molecule has 0 saturated heterocycles. The maximum atomic E-state index is 12.4. The SMILES string of the molecule is NC(=O)[C@H](Cc1cccc(I)c1)NC(=O)c1cc(Br)cc(Br)c1. The number of hydrogen-bond donors (Lipinski definition) is 2. The molecule has 120 valence electrons. The Balaban J connectivity index is 2.15. The number of nitrogens with two attached hydrogens (primary N) is 1. The number of carbonyl (C=O) groups excluding carboxylic acids is 2. The first kappa shape index (κ1) is 18.4. The second-order valence-corrected chi connectivity index (χ2v) is 8.00. The summed E-state index contributed by atoms with van der Waals surface area (Å²) in [5, 5.41) is 2.70. The Morgan fingerprint density at radius 2 is 1.78 bits per heavy atom. The number of rotatable bonds is 5. The summed E-state index contributed by atoms with van der Waals surface area (Å²) < 4.78 is 2.60. The minimum Gasteiger partial charge on any atom is -0.368 e. The van der Waals surface area contributed by atoms with Gasteiger partial charge < -0.3 is 11.1 Å². The van der Waals surface area contributed by atoms with Gasteiger partial charge in [-0.2, -0.15) is 0 Å². The third-order valence-corrected chi connectivity index (χ3v) is 4.69. The molecule has 2 aromatic rings. The summed E-state index contributed by atoms with van der Waals surface area (Å²) in [5.41, 5.74) is 6.82. The first-order valence-corrected chi connectivity index (χ1v) is 9.32. The average Bonchev–Trinajstić information content (AvgIpc) is 2.45. The molecule has 0 spiro atoms. The zero-order chi connectivity index (χ0) is 17.0. The van der Waals surface area contributed by atoms with Gasteiger partial charge >= 0.3 is 0 Å². The third-order valence-electron chi connectivity index (χ3n) is 3.10. The molecular formula is C16H13Br2IN2O2. The molecule has 23 heavy (non-hydrogen) atoms. The van der Waals surface area contributed by atoms with Crippen LogP contribution in [0.1, 0.15) is 15.9 Å². The van der Waals surface area contributed by atoms with Crippen LogP contribution in [-0.2, 0) is 11.2 Å². The summed E-state index contributed by atoms with van der Waals surface area (Å²) in [7, 11) is 0. The van der Waals surface area contributed by atoms with Gasteiger partial charge in [-0.15, -0.1) is 0 Å². The fraction of sp³-hybridized carbons (Fsp3) is 0.125. The van der Waals surface area contributed by atoms with E-state index in [1.54, 1.807) is 12.1 Å². The highest BCUT2D eigenvalue weighted by Gasteiger charge is 2.20. The van der Waals surface area contributed by atoms with Crippen molar-refractivity contribution in [3.05, 3.63) is 66.1 Å². The van der Waals surface area contributed by atoms with Crippen LogP contribution < -0.4 is 11.1 Å². The van der Waals surface area contributed by atoms with Crippen molar-refractivity contribution in [1.82, 2.24) is 5.32 Å². The lowest BCUT2D eigenvalue weighted by Gasteiger charge is -2.16. The summed E-state index contributed by atoms with van der Waals surface area (Å²) in [4.78, 5) is 24.0. The van der Waals surface area contributed by atoms with Crippen LogP contribution in [0.3, 0.4) is 0 Å². The molecule has 2 rings (SSSR count). The van der Waals surface area contributed by atoms with E-state index in [4.69, 9.17) is 5.73 Å². The van der Waals surface area contributed by atoms with E-state index in [0.29, 0.717) is 12.0 Å². The summed E-state index contributed by atoms with van der Waals surface area (Å²) >= 11 is 8.87. The summed E-state index contributed by atoms with van der Waals surface area (Å²) in [6, 6.07) is 12.2. The molecule has 0 saturated carbocycles. The van der Waals surface area contributed by atoms with Gasteiger partial charge in [0.2, 0.25) is 5.91 Å². The highest BCUT2D eigenvalue weighted by Crippen LogP contribution is 2.20. The van der Waals surface area contributed by atoms with E-state index in [0.717, 1.165) is 18.1 Å². The van der Waals surface area contributed by atoms with Crippen LogP contribution in [0, 0.1) is 3.57 Å². The molecule has 0 aromatic heterocycles. The van der Waals surface area contributed by atoms with Gasteiger partial charge in [0.05, 0.1) is 0 Å². The molecule has 1 atom stereocenters. The van der Waals surface area contributed by atoms with Crippen LogP contribution in [-0.4, -0.2) is 17.9 Å². The molecule has 2 aromatic carbocycles. The Morgan fingerprint density at radius 3 is 2.35 bits per heavy atom. The van der Waals surface area contributed by atoms with Crippen molar-refractivity contribution < 1.29 is 9.59 Å². The predicted octanol–water partition coefficient (Wildman–Crippen LogP) is 3.64. The smallest absolute Gasteiger partial charge is 0.252 e. The minimum absolute atomic E-state index is 0.346. The normalized spacial score (nSPS) is 11.8. The number of nitrogens with one attached hydrogen (secondary N) is 1. The highest BCUT2D eigenvalue weighted by atomic mass is 127. The molecule has 0 fully saturated rings. The van der Waals surface area contributed by atoms with Gasteiger partial charge in [0.1, 0.15) is 6.04 Å². The maximum Gasteiger partial charge on any atom is 0.252 e. The molecular weight excluding hydrogens is 539 g/mol. The first-order valence-electron chi connectivity index (χ1n) is 6.66. The van der Waals surface area contributed by atoms with Crippen molar-refractivity contribution in [3.63, 3.8) is 0 Å². The molecule has 0 heterocycles. The molecule has 0 aliphatic heterocycles. The van der Waals surface area contributed by atoms with Crippen LogP contribution in [0.15, 0.2) is 51.4 Å². The average molecular weight is 552 g/mol. The second kappa shape index (κ2) is 8.25. The molecule has 0 unspecified atom stereocenters. The van der Waals surface area contributed by atoms with Gasteiger partial charge in [0, 0.05) is 24.5 Å². The van der Waals surface area contributed by atoms with Crippen LogP contribution in [0.5, 0.6) is 0 Å². The summed E-state index contributed by atoms with van der Waals surface area (Å²) in [6.07, 6.45) is 0.354. The third kappa shape index (κ3) is 5.58. The van der Waals surface area contributed by atoms with Crippen molar-refractivity contribution in [2.75, 3.05) is 0 Å². The zero-order valence-electron chi connectivity index (χ0n) is 11.9. The maximum absolute atomic E-state index is 12.4. The lowest BCUT2D eigenvalue weighted by atomic mass is 10.0. The van der Waals surface area contributed by atoms with Crippen molar-refractivity contribution in [2.45, 2.75) is 12.5 Å². The van der Waals surface area contributed by atoms with Crippen molar-refractivity contribution in [2.24, 2.45) is 5.73 Å². The number of halogens is 3. The Hall–Kier alpha value is -0.930. The van der Waals surface area contributed by atoms with E-state index < -0.39 is 11.9 Å². The molecule has 0 radical (unpaired) electrons. The van der Waals surface area contributed by atoms with Gasteiger partial charge in [-0.05, 0) is 58.5 Å². The molecule has 4 nitrogen and oxygen atoms in total. The summed E-state index contributed by atoms with van der Waals surface area (Å²) in [6.45, 7) is 0. The van der Waals surface area contributed by atoms with Crippen molar-refractivity contribution >= 4 is 66.3 Å². The number of amides is 2. The number of hydrogen-bond acceptors (Lipinski definition) is 2. The lowest BCUT2D eigenvalue weighted by molar-refractivity contribution is -0.119. The standard InChI is InChI=1S/C16H13Br2IN2O2/c17-11-6-10(7-12(18)8-11)16(23)21-14(15(20)22)5-9-2-1-3-13(19)4-9/h1-4,6-8,14H,5H2,(H2,20,22)(H,21,23)/t14-/m0/s1. The van der Waals surface area contributed by atoms with Gasteiger partial charge in [-0.1, -0.05) is 44.0 Å². The largest absolute Gasteiger partial charge is 0.368 e. The fourth-order valence-electron chi connectivity index (χ4n) is 2.05. The quantitative estimate of drug-likeness (QED) is 0.557. The van der Waals surface area contributed by atoms with E-state index in [1.165, 1.54) is 0 Å². The summed E-state index contributed by atoms with van der Waals surface area (Å²) in [5.74, 6) is -0.910. The van der Waals surface area contributed by atoms with Crippen molar-refractivity contribution in [1.29, 1.82) is 0 Å². The Bertz CT molecular complexity index is 732. The molecule has 2 amide bonds. The highest BCUT2D eigenvalue weighted by molar-refractivity contribution is 14.1. The number of benzene rings is 2. The van der Waals surface area contributed by atoms with Crippen LogP contribution in [0.4, 0.5) is 0 Å². The van der Waals surface area contributed by atoms with E-state index in [2.05, 4.69) is 59.8 Å². The van der Waals surface area contributed by atoms with Gasteiger partial charge in [-0.25, -0.2) is 0 Å². The Morgan fingerprint density at radius 1 is 1.13 bits per heavy atom. The minimum atomic E-state index is -0.765. The van der Waals surface area contributed by atoms with E-state index in [1.807, 2.05) is 30.3 Å². The first-order chi connectivity index (χ1) is 10.8. The van der Waals surface area contributed by atoms with Gasteiger partial charge in [0.25, 0.3) is 5.91 Å². The topological polar surface area (TPSA) is 72.2 Å². The van der Waals surface area contributed by atoms with Crippen LogP contribution >= 0.6 is 54.5 Å².